The van der Waals surface area contributed by atoms with Crippen LogP contribution in [0.5, 0.6) is 11.5 Å². The number of likely N-dealkylation sites (N-methyl/N-ethyl adjacent to an activating group) is 1. The highest BCUT2D eigenvalue weighted by Gasteiger charge is 2.34. The van der Waals surface area contributed by atoms with Crippen molar-refractivity contribution in [3.63, 3.8) is 0 Å². The molecule has 0 N–H and O–H groups in total. The molecule has 3 heterocycles. The lowest BCUT2D eigenvalue weighted by atomic mass is 9.92. The third-order valence-electron chi connectivity index (χ3n) is 6.61. The number of ether oxygens (including phenoxy) is 2. The second kappa shape index (κ2) is 7.79. The van der Waals surface area contributed by atoms with Crippen molar-refractivity contribution in [2.45, 2.75) is 58.6 Å². The van der Waals surface area contributed by atoms with E-state index in [9.17, 15) is 18.0 Å². The largest absolute Gasteiger partial charge is 0.487 e. The number of fused-ring (bicyclic) bond motifs is 3. The van der Waals surface area contributed by atoms with Gasteiger partial charge >= 0.3 is 5.63 Å². The van der Waals surface area contributed by atoms with Crippen LogP contribution in [0.3, 0.4) is 0 Å². The third-order valence-corrected chi connectivity index (χ3v) is 8.36. The minimum Gasteiger partial charge on any atom is -0.487 e. The molecular weight excluding hydrogens is 434 g/mol. The summed E-state index contributed by atoms with van der Waals surface area (Å²) in [5.41, 5.74) is 1.70. The molecule has 2 aromatic rings. The Labute approximate surface area is 187 Å². The highest BCUT2D eigenvalue weighted by atomic mass is 32.2. The smallest absolute Gasteiger partial charge is 0.339 e. The Morgan fingerprint density at radius 2 is 2.00 bits per heavy atom. The molecule has 4 rings (SSSR count). The van der Waals surface area contributed by atoms with Crippen LogP contribution in [0.4, 0.5) is 0 Å². The van der Waals surface area contributed by atoms with Gasteiger partial charge in [-0.1, -0.05) is 0 Å². The minimum atomic E-state index is -3.10. The van der Waals surface area contributed by atoms with Gasteiger partial charge in [0.2, 0.25) is 0 Å². The third kappa shape index (κ3) is 4.10. The second-order valence-electron chi connectivity index (χ2n) is 9.41. The van der Waals surface area contributed by atoms with Gasteiger partial charge in [-0.15, -0.1) is 0 Å². The van der Waals surface area contributed by atoms with E-state index in [1.807, 2.05) is 20.8 Å². The maximum absolute atomic E-state index is 12.7. The monoisotopic (exact) mass is 463 g/mol. The van der Waals surface area contributed by atoms with Gasteiger partial charge < -0.3 is 18.8 Å². The second-order valence-corrected chi connectivity index (χ2v) is 11.6. The number of hydrogen-bond acceptors (Lipinski definition) is 7. The molecule has 0 spiro atoms. The average molecular weight is 464 g/mol. The summed E-state index contributed by atoms with van der Waals surface area (Å²) in [6.45, 7) is 7.25. The molecule has 32 heavy (non-hydrogen) atoms. The first-order chi connectivity index (χ1) is 14.9. The summed E-state index contributed by atoms with van der Waals surface area (Å²) in [6, 6.07) is 1.42. The van der Waals surface area contributed by atoms with E-state index in [0.29, 0.717) is 40.9 Å². The predicted molar refractivity (Wildman–Crippen MR) is 120 cm³/mol. The first kappa shape index (κ1) is 22.6. The van der Waals surface area contributed by atoms with Crippen LogP contribution in [0.2, 0.25) is 0 Å². The fraction of sp³-hybridized carbons (Fsp3) is 0.565. The summed E-state index contributed by atoms with van der Waals surface area (Å²) in [4.78, 5) is 26.6. The number of carbonyl (C=O) groups is 1. The summed E-state index contributed by atoms with van der Waals surface area (Å²) in [5.74, 6) is 0.741. The Hall–Kier alpha value is -2.55. The maximum atomic E-state index is 12.7. The van der Waals surface area contributed by atoms with Crippen LogP contribution in [0.1, 0.15) is 43.4 Å². The lowest BCUT2D eigenvalue weighted by Gasteiger charge is -2.33. The lowest BCUT2D eigenvalue weighted by Crippen LogP contribution is -2.40. The highest BCUT2D eigenvalue weighted by Crippen LogP contribution is 2.43. The van der Waals surface area contributed by atoms with Crippen molar-refractivity contribution in [2.75, 3.05) is 25.2 Å². The van der Waals surface area contributed by atoms with Crippen LogP contribution in [-0.4, -0.2) is 56.0 Å². The molecule has 1 aromatic carbocycles. The molecule has 1 amide bonds. The van der Waals surface area contributed by atoms with E-state index >= 15 is 0 Å². The van der Waals surface area contributed by atoms with Gasteiger partial charge in [-0.25, -0.2) is 13.2 Å². The van der Waals surface area contributed by atoms with Gasteiger partial charge in [-0.3, -0.25) is 4.79 Å². The zero-order valence-electron chi connectivity index (χ0n) is 19.1. The molecule has 0 saturated carbocycles. The fourth-order valence-electron chi connectivity index (χ4n) is 4.37. The van der Waals surface area contributed by atoms with Crippen molar-refractivity contribution < 1.29 is 27.1 Å². The summed E-state index contributed by atoms with van der Waals surface area (Å²) >= 11 is 0. The summed E-state index contributed by atoms with van der Waals surface area (Å²) in [6.07, 6.45) is 1.90. The summed E-state index contributed by atoms with van der Waals surface area (Å²) in [5, 5.41) is 0.656. The van der Waals surface area contributed by atoms with Gasteiger partial charge in [0.05, 0.1) is 16.9 Å². The number of hydrogen-bond donors (Lipinski definition) is 0. The molecule has 1 unspecified atom stereocenters. The molecule has 1 fully saturated rings. The number of sulfone groups is 1. The number of carbonyl (C=O) groups excluding carboxylic acids is 1. The van der Waals surface area contributed by atoms with Gasteiger partial charge in [0, 0.05) is 30.3 Å². The van der Waals surface area contributed by atoms with Crippen molar-refractivity contribution in [3.8, 4) is 11.5 Å². The number of rotatable bonds is 4. The Morgan fingerprint density at radius 3 is 2.66 bits per heavy atom. The molecule has 0 bridgehead atoms. The van der Waals surface area contributed by atoms with Crippen LogP contribution in [-0.2, 0) is 21.1 Å². The number of benzene rings is 1. The van der Waals surface area contributed by atoms with E-state index in [4.69, 9.17) is 13.9 Å². The zero-order chi connectivity index (χ0) is 23.4. The maximum Gasteiger partial charge on any atom is 0.339 e. The minimum absolute atomic E-state index is 0.0244. The number of nitrogens with zero attached hydrogens (tertiary/aromatic N) is 1. The van der Waals surface area contributed by atoms with E-state index in [1.165, 1.54) is 4.90 Å². The molecule has 174 valence electrons. The van der Waals surface area contributed by atoms with Crippen LogP contribution in [0, 0.1) is 13.8 Å². The van der Waals surface area contributed by atoms with Crippen LogP contribution < -0.4 is 15.1 Å². The molecule has 2 aliphatic heterocycles. The quantitative estimate of drug-likeness (QED) is 0.642. The standard InChI is InChI=1S/C23H29NO7S/c1-13-14(2)22(26)30-21-16-6-8-23(3,4)31-17(16)10-18(20(13)21)29-11-19(25)24(5)15-7-9-32(27,28)12-15/h10,15H,6-9,11-12H2,1-5H3. The van der Waals surface area contributed by atoms with Crippen molar-refractivity contribution in [1.29, 1.82) is 0 Å². The molecule has 9 heteroatoms. The van der Waals surface area contributed by atoms with Gasteiger partial charge in [-0.05, 0) is 52.5 Å². The first-order valence-electron chi connectivity index (χ1n) is 10.8. The predicted octanol–water partition coefficient (Wildman–Crippen LogP) is 2.54. The molecular formula is C23H29NO7S. The van der Waals surface area contributed by atoms with Crippen molar-refractivity contribution in [2.24, 2.45) is 0 Å². The van der Waals surface area contributed by atoms with Gasteiger partial charge in [-0.2, -0.15) is 0 Å². The molecule has 8 nitrogen and oxygen atoms in total. The normalized spacial score (nSPS) is 21.1. The molecule has 1 aromatic heterocycles. The molecule has 0 radical (unpaired) electrons. The Morgan fingerprint density at radius 1 is 1.28 bits per heavy atom. The van der Waals surface area contributed by atoms with Gasteiger partial charge in [0.1, 0.15) is 22.7 Å². The van der Waals surface area contributed by atoms with Crippen LogP contribution in [0.25, 0.3) is 11.0 Å². The molecule has 0 aliphatic carbocycles. The molecule has 1 saturated heterocycles. The van der Waals surface area contributed by atoms with E-state index in [0.717, 1.165) is 17.5 Å². The SMILES string of the molecule is Cc1c(C)c2c(OCC(=O)N(C)C3CCS(=O)(=O)C3)cc3c(c2oc1=O)CCC(C)(C)O3. The van der Waals surface area contributed by atoms with Crippen molar-refractivity contribution >= 4 is 26.7 Å². The highest BCUT2D eigenvalue weighted by molar-refractivity contribution is 7.91. The number of amides is 1. The molecule has 2 aliphatic rings. The topological polar surface area (TPSA) is 103 Å². The fourth-order valence-corrected chi connectivity index (χ4v) is 6.15. The Balaban J connectivity index is 1.68. The van der Waals surface area contributed by atoms with Gasteiger partial charge in [0.25, 0.3) is 5.91 Å². The Bertz CT molecular complexity index is 1260. The summed E-state index contributed by atoms with van der Waals surface area (Å²) in [7, 11) is -1.50. The first-order valence-corrected chi connectivity index (χ1v) is 12.6. The van der Waals surface area contributed by atoms with E-state index in [2.05, 4.69) is 0 Å². The summed E-state index contributed by atoms with van der Waals surface area (Å²) < 4.78 is 41.3. The van der Waals surface area contributed by atoms with E-state index in [1.54, 1.807) is 20.0 Å². The van der Waals surface area contributed by atoms with Gasteiger partial charge in [0.15, 0.2) is 16.4 Å². The van der Waals surface area contributed by atoms with Crippen molar-refractivity contribution in [1.82, 2.24) is 4.90 Å². The van der Waals surface area contributed by atoms with Crippen LogP contribution in [0.15, 0.2) is 15.3 Å². The van der Waals surface area contributed by atoms with E-state index in [-0.39, 0.29) is 35.7 Å². The average Bonchev–Trinajstić information content (AvgIpc) is 3.08. The zero-order valence-corrected chi connectivity index (χ0v) is 19.9. The Kier molecular flexibility index (Phi) is 5.51. The lowest BCUT2D eigenvalue weighted by molar-refractivity contribution is -0.133. The number of aryl methyl sites for hydroxylation is 2. The molecule has 1 atom stereocenters. The van der Waals surface area contributed by atoms with E-state index < -0.39 is 15.5 Å². The van der Waals surface area contributed by atoms with Crippen molar-refractivity contribution in [3.05, 3.63) is 33.2 Å². The van der Waals surface area contributed by atoms with Crippen LogP contribution >= 0.6 is 0 Å².